The van der Waals surface area contributed by atoms with Crippen LogP contribution in [0.4, 0.5) is 5.00 Å². The molecule has 4 nitrogen and oxygen atoms in total. The highest BCUT2D eigenvalue weighted by atomic mass is 32.1. The highest BCUT2D eigenvalue weighted by molar-refractivity contribution is 7.16. The number of benzene rings is 1. The van der Waals surface area contributed by atoms with Crippen molar-refractivity contribution < 1.29 is 4.79 Å². The predicted molar refractivity (Wildman–Crippen MR) is 125 cm³/mol. The number of hydrogen-bond acceptors (Lipinski definition) is 3. The van der Waals surface area contributed by atoms with Crippen LogP contribution >= 0.6 is 11.3 Å². The Kier molecular flexibility index (Phi) is 4.51. The summed E-state index contributed by atoms with van der Waals surface area (Å²) in [6.07, 6.45) is 4.29. The number of aryl methyl sites for hydroxylation is 1. The maximum atomic E-state index is 13.2. The molecule has 1 amide bonds. The third-order valence-electron chi connectivity index (χ3n) is 7.80. The number of thiophene rings is 1. The normalized spacial score (nSPS) is 21.2. The molecule has 3 aromatic rings. The van der Waals surface area contributed by atoms with Gasteiger partial charge >= 0.3 is 0 Å². The van der Waals surface area contributed by atoms with E-state index in [1.807, 2.05) is 11.3 Å². The molecule has 2 atom stereocenters. The van der Waals surface area contributed by atoms with E-state index in [0.29, 0.717) is 11.3 Å². The number of carbonyl (C=O) groups is 1. The summed E-state index contributed by atoms with van der Waals surface area (Å²) in [6.45, 7) is 9.21. The molecule has 0 spiro atoms. The van der Waals surface area contributed by atoms with E-state index in [2.05, 4.69) is 74.2 Å². The summed E-state index contributed by atoms with van der Waals surface area (Å²) < 4.78 is 2.21. The van der Waals surface area contributed by atoms with Gasteiger partial charge in [-0.1, -0.05) is 45.4 Å². The third-order valence-corrected chi connectivity index (χ3v) is 8.98. The van der Waals surface area contributed by atoms with Gasteiger partial charge in [-0.15, -0.1) is 11.3 Å². The summed E-state index contributed by atoms with van der Waals surface area (Å²) in [4.78, 5) is 14.7. The van der Waals surface area contributed by atoms with Crippen molar-refractivity contribution in [2.45, 2.75) is 59.5 Å². The highest BCUT2D eigenvalue weighted by Crippen LogP contribution is 2.47. The molecule has 2 aromatic heterocycles. The number of nitrogens with zero attached hydrogens (tertiary/aromatic N) is 1. The minimum absolute atomic E-state index is 0.0757. The fraction of sp³-hybridized carbons (Fsp3) is 0.480. The minimum Gasteiger partial charge on any atom is -0.353 e. The zero-order valence-corrected chi connectivity index (χ0v) is 19.4. The number of nitrogens with one attached hydrogen (secondary N) is 2. The first-order chi connectivity index (χ1) is 14.3. The highest BCUT2D eigenvalue weighted by Gasteiger charge is 2.38. The van der Waals surface area contributed by atoms with Gasteiger partial charge in [0.15, 0.2) is 0 Å². The van der Waals surface area contributed by atoms with Crippen molar-refractivity contribution in [2.75, 3.05) is 5.32 Å². The first-order valence-corrected chi connectivity index (χ1v) is 11.9. The minimum atomic E-state index is -0.195. The summed E-state index contributed by atoms with van der Waals surface area (Å²) in [5.41, 5.74) is 6.09. The van der Waals surface area contributed by atoms with Gasteiger partial charge in [0.05, 0.1) is 5.56 Å². The summed E-state index contributed by atoms with van der Waals surface area (Å²) in [5, 5.41) is 9.21. The standard InChI is InChI=1S/C25H31N3OS/c1-6-25(3,4)15-11-12-17-19(13-15)30-24-21(17)23(29)26-22(27-24)20-14(2)28(5)18-10-8-7-9-16(18)20/h7-10,15,22,27H,6,11-13H2,1-5H3,(H,26,29)/t15-,22+/m0/s1. The van der Waals surface area contributed by atoms with E-state index < -0.39 is 0 Å². The van der Waals surface area contributed by atoms with Gasteiger partial charge in [-0.2, -0.15) is 0 Å². The monoisotopic (exact) mass is 421 g/mol. The molecular formula is C25H31N3OS. The lowest BCUT2D eigenvalue weighted by molar-refractivity contribution is 0.0935. The lowest BCUT2D eigenvalue weighted by Crippen LogP contribution is -2.38. The van der Waals surface area contributed by atoms with E-state index in [0.717, 1.165) is 23.4 Å². The van der Waals surface area contributed by atoms with Crippen molar-refractivity contribution in [2.24, 2.45) is 18.4 Å². The first-order valence-electron chi connectivity index (χ1n) is 11.1. The number of aromatic nitrogens is 1. The maximum absolute atomic E-state index is 13.2. The van der Waals surface area contributed by atoms with E-state index in [1.54, 1.807) is 0 Å². The van der Waals surface area contributed by atoms with Gasteiger partial charge in [-0.05, 0) is 49.1 Å². The fourth-order valence-corrected chi connectivity index (χ4v) is 6.67. The third kappa shape index (κ3) is 2.82. The predicted octanol–water partition coefficient (Wildman–Crippen LogP) is 5.94. The molecule has 5 heteroatoms. The lowest BCUT2D eigenvalue weighted by atomic mass is 9.69. The molecule has 0 fully saturated rings. The van der Waals surface area contributed by atoms with Gasteiger partial charge in [0.25, 0.3) is 5.91 Å². The van der Waals surface area contributed by atoms with Gasteiger partial charge in [-0.25, -0.2) is 0 Å². The number of hydrogen-bond donors (Lipinski definition) is 2. The molecule has 3 heterocycles. The number of para-hydroxylation sites is 1. The van der Waals surface area contributed by atoms with Crippen molar-refractivity contribution in [3.63, 3.8) is 0 Å². The van der Waals surface area contributed by atoms with Crippen molar-refractivity contribution in [1.29, 1.82) is 0 Å². The van der Waals surface area contributed by atoms with Crippen LogP contribution in [0.25, 0.3) is 10.9 Å². The molecule has 0 saturated carbocycles. The summed E-state index contributed by atoms with van der Waals surface area (Å²) in [5.74, 6) is 0.765. The zero-order valence-electron chi connectivity index (χ0n) is 18.6. The molecule has 0 radical (unpaired) electrons. The molecule has 0 saturated heterocycles. The Labute approximate surface area is 182 Å². The summed E-state index contributed by atoms with van der Waals surface area (Å²) in [6, 6.07) is 8.43. The Morgan fingerprint density at radius 2 is 2.00 bits per heavy atom. The molecule has 2 N–H and O–H groups in total. The Hall–Kier alpha value is -2.27. The van der Waals surface area contributed by atoms with Crippen molar-refractivity contribution in [3.8, 4) is 0 Å². The molecule has 5 rings (SSSR count). The van der Waals surface area contributed by atoms with Gasteiger partial charge < -0.3 is 15.2 Å². The van der Waals surface area contributed by atoms with E-state index in [1.165, 1.54) is 45.4 Å². The second kappa shape index (κ2) is 6.88. The molecule has 30 heavy (non-hydrogen) atoms. The molecule has 1 aliphatic carbocycles. The smallest absolute Gasteiger partial charge is 0.256 e. The zero-order chi connectivity index (χ0) is 21.2. The Bertz CT molecular complexity index is 1150. The van der Waals surface area contributed by atoms with E-state index >= 15 is 0 Å². The number of carbonyl (C=O) groups excluding carboxylic acids is 1. The van der Waals surface area contributed by atoms with Crippen molar-refractivity contribution in [1.82, 2.24) is 9.88 Å². The SMILES string of the molecule is CCC(C)(C)[C@H]1CCc2c(sc3c2C(=O)N[C@@H](c2c(C)n(C)c4ccccc24)N3)C1. The Balaban J connectivity index is 1.52. The van der Waals surface area contributed by atoms with Crippen LogP contribution in [0.1, 0.15) is 71.8 Å². The second-order valence-electron chi connectivity index (χ2n) is 9.62. The first kappa shape index (κ1) is 19.7. The molecule has 0 unspecified atom stereocenters. The van der Waals surface area contributed by atoms with Crippen LogP contribution in [0.2, 0.25) is 0 Å². The molecule has 158 valence electrons. The van der Waals surface area contributed by atoms with Crippen LogP contribution in [0.15, 0.2) is 24.3 Å². The van der Waals surface area contributed by atoms with Crippen LogP contribution in [-0.2, 0) is 19.9 Å². The number of rotatable bonds is 3. The Morgan fingerprint density at radius 3 is 2.77 bits per heavy atom. The largest absolute Gasteiger partial charge is 0.353 e. The van der Waals surface area contributed by atoms with Crippen molar-refractivity contribution in [3.05, 3.63) is 51.5 Å². The quantitative estimate of drug-likeness (QED) is 0.549. The second-order valence-corrected chi connectivity index (χ2v) is 10.7. The average molecular weight is 422 g/mol. The molecular weight excluding hydrogens is 390 g/mol. The number of amides is 1. The molecule has 2 aliphatic rings. The van der Waals surface area contributed by atoms with Gasteiger partial charge in [0, 0.05) is 34.1 Å². The van der Waals surface area contributed by atoms with E-state index in [9.17, 15) is 4.79 Å². The van der Waals surface area contributed by atoms with Gasteiger partial charge in [0.2, 0.25) is 0 Å². The van der Waals surface area contributed by atoms with Crippen LogP contribution in [-0.4, -0.2) is 10.5 Å². The average Bonchev–Trinajstić information content (AvgIpc) is 3.23. The van der Waals surface area contributed by atoms with Crippen LogP contribution < -0.4 is 10.6 Å². The number of fused-ring (bicyclic) bond motifs is 4. The molecule has 1 aliphatic heterocycles. The van der Waals surface area contributed by atoms with E-state index in [-0.39, 0.29) is 12.1 Å². The Morgan fingerprint density at radius 1 is 1.23 bits per heavy atom. The maximum Gasteiger partial charge on any atom is 0.256 e. The van der Waals surface area contributed by atoms with Crippen LogP contribution in [0, 0.1) is 18.3 Å². The summed E-state index contributed by atoms with van der Waals surface area (Å²) in [7, 11) is 2.09. The van der Waals surface area contributed by atoms with Gasteiger partial charge in [-0.3, -0.25) is 4.79 Å². The summed E-state index contributed by atoms with van der Waals surface area (Å²) >= 11 is 1.81. The van der Waals surface area contributed by atoms with E-state index in [4.69, 9.17) is 0 Å². The van der Waals surface area contributed by atoms with Crippen molar-refractivity contribution >= 4 is 33.1 Å². The number of anilines is 1. The lowest BCUT2D eigenvalue weighted by Gasteiger charge is -2.36. The topological polar surface area (TPSA) is 46.1 Å². The van der Waals surface area contributed by atoms with Gasteiger partial charge in [0.1, 0.15) is 11.2 Å². The van der Waals surface area contributed by atoms with Crippen LogP contribution in [0.3, 0.4) is 0 Å². The van der Waals surface area contributed by atoms with Crippen LogP contribution in [0.5, 0.6) is 0 Å². The fourth-order valence-electron chi connectivity index (χ4n) is 5.31. The molecule has 1 aromatic carbocycles. The molecule has 0 bridgehead atoms.